The van der Waals surface area contributed by atoms with Crippen LogP contribution < -0.4 is 5.32 Å². The van der Waals surface area contributed by atoms with E-state index in [1.165, 1.54) is 18.2 Å². The Morgan fingerprint density at radius 3 is 2.24 bits per heavy atom. The second-order valence-electron chi connectivity index (χ2n) is 4.84. The van der Waals surface area contributed by atoms with Gasteiger partial charge in [0.2, 0.25) is 0 Å². The molecular formula is C16H15F4N. The summed E-state index contributed by atoms with van der Waals surface area (Å²) in [6, 6.07) is 9.82. The number of alkyl halides is 3. The Bertz CT molecular complexity index is 603. The van der Waals surface area contributed by atoms with Gasteiger partial charge in [0.25, 0.3) is 0 Å². The monoisotopic (exact) mass is 297 g/mol. The number of benzene rings is 2. The standard InChI is InChI=1S/C16H15F4N/c1-11-10-14(6-7-15(11)17)21-9-8-12-2-4-13(5-3-12)16(18,19)20/h2-7,10,21H,8-9H2,1H3. The lowest BCUT2D eigenvalue weighted by Gasteiger charge is -2.09. The van der Waals surface area contributed by atoms with Gasteiger partial charge < -0.3 is 5.32 Å². The summed E-state index contributed by atoms with van der Waals surface area (Å²) < 4.78 is 50.4. The van der Waals surface area contributed by atoms with Crippen LogP contribution in [-0.4, -0.2) is 6.54 Å². The number of anilines is 1. The highest BCUT2D eigenvalue weighted by Gasteiger charge is 2.29. The fourth-order valence-electron chi connectivity index (χ4n) is 1.97. The van der Waals surface area contributed by atoms with Gasteiger partial charge in [-0.05, 0) is 54.8 Å². The van der Waals surface area contributed by atoms with Crippen LogP contribution in [-0.2, 0) is 12.6 Å². The molecule has 0 spiro atoms. The number of hydrogen-bond donors (Lipinski definition) is 1. The lowest BCUT2D eigenvalue weighted by molar-refractivity contribution is -0.137. The molecule has 2 rings (SSSR count). The third-order valence-electron chi connectivity index (χ3n) is 3.18. The molecule has 112 valence electrons. The average Bonchev–Trinajstić information content (AvgIpc) is 2.42. The molecule has 0 fully saturated rings. The minimum atomic E-state index is -4.30. The summed E-state index contributed by atoms with van der Waals surface area (Å²) in [5.74, 6) is -0.261. The topological polar surface area (TPSA) is 12.0 Å². The fraction of sp³-hybridized carbons (Fsp3) is 0.250. The Balaban J connectivity index is 1.90. The molecule has 0 amide bonds. The molecule has 0 saturated heterocycles. The van der Waals surface area contributed by atoms with Crippen molar-refractivity contribution in [3.8, 4) is 0 Å². The molecule has 2 aromatic rings. The first-order chi connectivity index (χ1) is 9.86. The van der Waals surface area contributed by atoms with Gasteiger partial charge in [0, 0.05) is 12.2 Å². The molecule has 0 radical (unpaired) electrons. The maximum Gasteiger partial charge on any atom is 0.416 e. The van der Waals surface area contributed by atoms with E-state index in [1.54, 1.807) is 19.1 Å². The predicted octanol–water partition coefficient (Wildman–Crippen LogP) is 4.81. The Hall–Kier alpha value is -2.04. The van der Waals surface area contributed by atoms with Crippen molar-refractivity contribution in [1.82, 2.24) is 0 Å². The first-order valence-corrected chi connectivity index (χ1v) is 6.52. The Morgan fingerprint density at radius 2 is 1.67 bits per heavy atom. The highest BCUT2D eigenvalue weighted by Crippen LogP contribution is 2.29. The van der Waals surface area contributed by atoms with Gasteiger partial charge in [0.05, 0.1) is 5.56 Å². The summed E-state index contributed by atoms with van der Waals surface area (Å²) in [4.78, 5) is 0. The molecule has 5 heteroatoms. The largest absolute Gasteiger partial charge is 0.416 e. The van der Waals surface area contributed by atoms with Crippen LogP contribution in [0, 0.1) is 12.7 Å². The summed E-state index contributed by atoms with van der Waals surface area (Å²) in [5, 5.41) is 3.12. The zero-order chi connectivity index (χ0) is 15.5. The maximum atomic E-state index is 13.1. The van der Waals surface area contributed by atoms with E-state index in [2.05, 4.69) is 5.32 Å². The Kier molecular flexibility index (Phi) is 4.50. The van der Waals surface area contributed by atoms with Crippen LogP contribution in [0.1, 0.15) is 16.7 Å². The summed E-state index contributed by atoms with van der Waals surface area (Å²) in [5.41, 5.74) is 1.51. The molecule has 0 aromatic heterocycles. The Labute approximate surface area is 120 Å². The normalized spacial score (nSPS) is 11.5. The van der Waals surface area contributed by atoms with Gasteiger partial charge in [-0.3, -0.25) is 0 Å². The van der Waals surface area contributed by atoms with E-state index in [4.69, 9.17) is 0 Å². The molecule has 0 unspecified atom stereocenters. The van der Waals surface area contributed by atoms with Crippen molar-refractivity contribution in [3.63, 3.8) is 0 Å². The molecule has 1 N–H and O–H groups in total. The lowest BCUT2D eigenvalue weighted by atomic mass is 10.1. The SMILES string of the molecule is Cc1cc(NCCc2ccc(C(F)(F)F)cc2)ccc1F. The van der Waals surface area contributed by atoms with Gasteiger partial charge >= 0.3 is 6.18 Å². The highest BCUT2D eigenvalue weighted by molar-refractivity contribution is 5.46. The van der Waals surface area contributed by atoms with Gasteiger partial charge in [-0.1, -0.05) is 12.1 Å². The van der Waals surface area contributed by atoms with Crippen LogP contribution in [0.15, 0.2) is 42.5 Å². The molecule has 21 heavy (non-hydrogen) atoms. The van der Waals surface area contributed by atoms with E-state index in [9.17, 15) is 17.6 Å². The fourth-order valence-corrected chi connectivity index (χ4v) is 1.97. The smallest absolute Gasteiger partial charge is 0.385 e. The van der Waals surface area contributed by atoms with Crippen molar-refractivity contribution in [1.29, 1.82) is 0 Å². The zero-order valence-corrected chi connectivity index (χ0v) is 11.5. The van der Waals surface area contributed by atoms with Gasteiger partial charge in [-0.15, -0.1) is 0 Å². The summed E-state index contributed by atoms with van der Waals surface area (Å²) in [6.45, 7) is 2.24. The number of aryl methyl sites for hydroxylation is 1. The predicted molar refractivity (Wildman–Crippen MR) is 74.8 cm³/mol. The van der Waals surface area contributed by atoms with E-state index < -0.39 is 11.7 Å². The molecule has 0 saturated carbocycles. The van der Waals surface area contributed by atoms with Crippen molar-refractivity contribution in [3.05, 3.63) is 65.0 Å². The second-order valence-corrected chi connectivity index (χ2v) is 4.84. The summed E-state index contributed by atoms with van der Waals surface area (Å²) >= 11 is 0. The average molecular weight is 297 g/mol. The van der Waals surface area contributed by atoms with E-state index in [0.29, 0.717) is 18.5 Å². The first-order valence-electron chi connectivity index (χ1n) is 6.52. The van der Waals surface area contributed by atoms with E-state index in [1.807, 2.05) is 0 Å². The summed E-state index contributed by atoms with van der Waals surface area (Å²) in [7, 11) is 0. The first kappa shape index (κ1) is 15.4. The van der Waals surface area contributed by atoms with E-state index >= 15 is 0 Å². The molecule has 0 aliphatic carbocycles. The van der Waals surface area contributed by atoms with Gasteiger partial charge in [-0.2, -0.15) is 13.2 Å². The van der Waals surface area contributed by atoms with Crippen LogP contribution in [0.2, 0.25) is 0 Å². The lowest BCUT2D eigenvalue weighted by Crippen LogP contribution is -2.07. The van der Waals surface area contributed by atoms with Crippen LogP contribution in [0.5, 0.6) is 0 Å². The number of hydrogen-bond acceptors (Lipinski definition) is 1. The van der Waals surface area contributed by atoms with Gasteiger partial charge in [0.15, 0.2) is 0 Å². The van der Waals surface area contributed by atoms with E-state index in [0.717, 1.165) is 23.4 Å². The third kappa shape index (κ3) is 4.21. The van der Waals surface area contributed by atoms with Crippen molar-refractivity contribution in [2.24, 2.45) is 0 Å². The molecule has 1 nitrogen and oxygen atoms in total. The molecule has 2 aromatic carbocycles. The molecule has 0 aliphatic heterocycles. The zero-order valence-electron chi connectivity index (χ0n) is 11.5. The number of halogens is 4. The molecular weight excluding hydrogens is 282 g/mol. The molecule has 0 bridgehead atoms. The van der Waals surface area contributed by atoms with Crippen molar-refractivity contribution < 1.29 is 17.6 Å². The highest BCUT2D eigenvalue weighted by atomic mass is 19.4. The van der Waals surface area contributed by atoms with Crippen molar-refractivity contribution in [2.75, 3.05) is 11.9 Å². The number of rotatable bonds is 4. The minimum absolute atomic E-state index is 0.261. The molecule has 0 aliphatic rings. The van der Waals surface area contributed by atoms with Crippen LogP contribution in [0.25, 0.3) is 0 Å². The minimum Gasteiger partial charge on any atom is -0.385 e. The summed E-state index contributed by atoms with van der Waals surface area (Å²) in [6.07, 6.45) is -3.71. The van der Waals surface area contributed by atoms with Gasteiger partial charge in [0.1, 0.15) is 5.82 Å². The third-order valence-corrected chi connectivity index (χ3v) is 3.18. The molecule has 0 atom stereocenters. The van der Waals surface area contributed by atoms with Crippen LogP contribution in [0.3, 0.4) is 0 Å². The van der Waals surface area contributed by atoms with E-state index in [-0.39, 0.29) is 5.82 Å². The second kappa shape index (κ2) is 6.16. The van der Waals surface area contributed by atoms with Crippen LogP contribution >= 0.6 is 0 Å². The quantitative estimate of drug-likeness (QED) is 0.799. The maximum absolute atomic E-state index is 13.1. The number of nitrogens with one attached hydrogen (secondary N) is 1. The van der Waals surface area contributed by atoms with Gasteiger partial charge in [-0.25, -0.2) is 4.39 Å². The van der Waals surface area contributed by atoms with Crippen molar-refractivity contribution in [2.45, 2.75) is 19.5 Å². The van der Waals surface area contributed by atoms with Crippen LogP contribution in [0.4, 0.5) is 23.2 Å². The van der Waals surface area contributed by atoms with Crippen molar-refractivity contribution >= 4 is 5.69 Å². The Morgan fingerprint density at radius 1 is 1.00 bits per heavy atom. The molecule has 0 heterocycles.